The van der Waals surface area contributed by atoms with E-state index in [0.29, 0.717) is 22.0 Å². The number of halogens is 1. The molecule has 0 bridgehead atoms. The highest BCUT2D eigenvalue weighted by atomic mass is 35.5. The molecule has 2 aromatic carbocycles. The molecule has 0 fully saturated rings. The lowest BCUT2D eigenvalue weighted by atomic mass is 10.1. The van der Waals surface area contributed by atoms with Crippen molar-refractivity contribution >= 4 is 23.2 Å². The van der Waals surface area contributed by atoms with Gasteiger partial charge < -0.3 is 14.9 Å². The summed E-state index contributed by atoms with van der Waals surface area (Å²) in [6.45, 7) is 1.41. The van der Waals surface area contributed by atoms with E-state index in [4.69, 9.17) is 16.3 Å². The van der Waals surface area contributed by atoms with Gasteiger partial charge in [0.15, 0.2) is 6.61 Å². The van der Waals surface area contributed by atoms with Gasteiger partial charge in [-0.1, -0.05) is 11.6 Å². The van der Waals surface area contributed by atoms with Crippen molar-refractivity contribution in [1.29, 1.82) is 0 Å². The van der Waals surface area contributed by atoms with Crippen LogP contribution in [-0.4, -0.2) is 28.4 Å². The van der Waals surface area contributed by atoms with Crippen molar-refractivity contribution in [2.45, 2.75) is 6.92 Å². The van der Waals surface area contributed by atoms with Gasteiger partial charge in [0.05, 0.1) is 5.71 Å². The minimum atomic E-state index is -0.447. The van der Waals surface area contributed by atoms with Crippen LogP contribution >= 0.6 is 11.6 Å². The Morgan fingerprint density at radius 3 is 2.57 bits per heavy atom. The van der Waals surface area contributed by atoms with Crippen LogP contribution in [0.1, 0.15) is 12.5 Å². The van der Waals surface area contributed by atoms with Gasteiger partial charge in [0.25, 0.3) is 5.91 Å². The van der Waals surface area contributed by atoms with Crippen molar-refractivity contribution in [3.05, 3.63) is 53.1 Å². The number of amides is 1. The summed E-state index contributed by atoms with van der Waals surface area (Å²) in [6, 6.07) is 10.7. The van der Waals surface area contributed by atoms with Crippen molar-refractivity contribution < 1.29 is 19.7 Å². The average molecular weight is 335 g/mol. The minimum Gasteiger partial charge on any atom is -0.508 e. The second-order valence-electron chi connectivity index (χ2n) is 4.68. The molecule has 2 rings (SSSR count). The zero-order valence-corrected chi connectivity index (χ0v) is 13.0. The smallest absolute Gasteiger partial charge is 0.277 e. The Kier molecular flexibility index (Phi) is 5.43. The molecule has 120 valence electrons. The van der Waals surface area contributed by atoms with Crippen LogP contribution in [0, 0.1) is 0 Å². The highest BCUT2D eigenvalue weighted by Gasteiger charge is 2.07. The maximum absolute atomic E-state index is 11.7. The maximum Gasteiger partial charge on any atom is 0.277 e. The van der Waals surface area contributed by atoms with Crippen LogP contribution in [-0.2, 0) is 4.79 Å². The van der Waals surface area contributed by atoms with E-state index in [2.05, 4.69) is 10.5 Å². The summed E-state index contributed by atoms with van der Waals surface area (Å²) in [5, 5.41) is 23.4. The lowest BCUT2D eigenvalue weighted by Gasteiger charge is -2.07. The predicted molar refractivity (Wildman–Crippen MR) is 87.1 cm³/mol. The molecular weight excluding hydrogens is 320 g/mol. The van der Waals surface area contributed by atoms with Crippen molar-refractivity contribution in [2.24, 2.45) is 5.10 Å². The van der Waals surface area contributed by atoms with Crippen molar-refractivity contribution in [1.82, 2.24) is 5.43 Å². The van der Waals surface area contributed by atoms with Crippen LogP contribution in [0.3, 0.4) is 0 Å². The van der Waals surface area contributed by atoms with E-state index in [9.17, 15) is 15.0 Å². The second-order valence-corrected chi connectivity index (χ2v) is 5.11. The molecule has 3 N–H and O–H groups in total. The first kappa shape index (κ1) is 16.6. The number of rotatable bonds is 5. The summed E-state index contributed by atoms with van der Waals surface area (Å²) < 4.78 is 5.28. The van der Waals surface area contributed by atoms with E-state index in [-0.39, 0.29) is 18.1 Å². The zero-order valence-electron chi connectivity index (χ0n) is 12.3. The lowest BCUT2D eigenvalue weighted by molar-refractivity contribution is -0.123. The standard InChI is InChI=1S/C16H15ClN2O4/c1-10(14-7-4-12(20)8-15(14)21)18-19-16(22)9-23-13-5-2-11(17)3-6-13/h2-8,20-21H,9H2,1H3,(H,19,22). The number of phenols is 2. The number of hydrogen-bond acceptors (Lipinski definition) is 5. The number of aromatic hydroxyl groups is 2. The number of hydrazone groups is 1. The lowest BCUT2D eigenvalue weighted by Crippen LogP contribution is -2.25. The van der Waals surface area contributed by atoms with Gasteiger partial charge in [-0.25, -0.2) is 5.43 Å². The second kappa shape index (κ2) is 7.51. The van der Waals surface area contributed by atoms with E-state index in [0.717, 1.165) is 0 Å². The van der Waals surface area contributed by atoms with Gasteiger partial charge >= 0.3 is 0 Å². The van der Waals surface area contributed by atoms with Gasteiger partial charge in [-0.15, -0.1) is 0 Å². The van der Waals surface area contributed by atoms with Crippen LogP contribution < -0.4 is 10.2 Å². The number of carbonyl (C=O) groups excluding carboxylic acids is 1. The van der Waals surface area contributed by atoms with Crippen molar-refractivity contribution in [3.63, 3.8) is 0 Å². The Balaban J connectivity index is 1.90. The number of carbonyl (C=O) groups is 1. The van der Waals surface area contributed by atoms with Gasteiger partial charge in [0.1, 0.15) is 17.2 Å². The molecular formula is C16H15ClN2O4. The molecule has 0 spiro atoms. The van der Waals surface area contributed by atoms with Gasteiger partial charge in [-0.3, -0.25) is 4.79 Å². The van der Waals surface area contributed by atoms with Crippen molar-refractivity contribution in [2.75, 3.05) is 6.61 Å². The predicted octanol–water partition coefficient (Wildman–Crippen LogP) is 2.67. The minimum absolute atomic E-state index is 0.0561. The van der Waals surface area contributed by atoms with Gasteiger partial charge in [0, 0.05) is 16.7 Å². The molecule has 0 radical (unpaired) electrons. The molecule has 0 saturated carbocycles. The van der Waals surface area contributed by atoms with Gasteiger partial charge in [-0.05, 0) is 43.3 Å². The van der Waals surface area contributed by atoms with Gasteiger partial charge in [0.2, 0.25) is 0 Å². The van der Waals surface area contributed by atoms with Crippen LogP contribution in [0.25, 0.3) is 0 Å². The molecule has 6 nitrogen and oxygen atoms in total. The topological polar surface area (TPSA) is 91.2 Å². The quantitative estimate of drug-likeness (QED) is 0.579. The molecule has 0 unspecified atom stereocenters. The van der Waals surface area contributed by atoms with Crippen molar-refractivity contribution in [3.8, 4) is 17.2 Å². The third kappa shape index (κ3) is 4.89. The Hall–Kier alpha value is -2.73. The number of nitrogens with zero attached hydrogens (tertiary/aromatic N) is 1. The Labute approximate surface area is 138 Å². The highest BCUT2D eigenvalue weighted by molar-refractivity contribution is 6.30. The molecule has 23 heavy (non-hydrogen) atoms. The molecule has 2 aromatic rings. The number of nitrogens with one attached hydrogen (secondary N) is 1. The number of phenolic OH excluding ortho intramolecular Hbond substituents is 2. The first-order chi connectivity index (χ1) is 11.0. The summed E-state index contributed by atoms with van der Waals surface area (Å²) in [5.74, 6) is -0.114. The molecule has 0 aliphatic carbocycles. The zero-order chi connectivity index (χ0) is 16.8. The molecule has 0 atom stereocenters. The third-order valence-corrected chi connectivity index (χ3v) is 3.15. The summed E-state index contributed by atoms with van der Waals surface area (Å²) in [5.41, 5.74) is 3.12. The van der Waals surface area contributed by atoms with Gasteiger partial charge in [-0.2, -0.15) is 5.10 Å². The summed E-state index contributed by atoms with van der Waals surface area (Å²) in [6.07, 6.45) is 0. The third-order valence-electron chi connectivity index (χ3n) is 2.90. The van der Waals surface area contributed by atoms with E-state index in [1.807, 2.05) is 0 Å². The number of hydrogen-bond donors (Lipinski definition) is 3. The summed E-state index contributed by atoms with van der Waals surface area (Å²) >= 11 is 5.75. The molecule has 0 aliphatic rings. The van der Waals surface area contributed by atoms with E-state index in [1.165, 1.54) is 18.2 Å². The van der Waals surface area contributed by atoms with Crippen LogP contribution in [0.2, 0.25) is 5.02 Å². The molecule has 0 aromatic heterocycles. The number of benzene rings is 2. The Bertz CT molecular complexity index is 729. The average Bonchev–Trinajstić information content (AvgIpc) is 2.52. The van der Waals surface area contributed by atoms with Crippen LogP contribution in [0.4, 0.5) is 0 Å². The molecule has 7 heteroatoms. The first-order valence-corrected chi connectivity index (χ1v) is 7.07. The monoisotopic (exact) mass is 334 g/mol. The van der Waals surface area contributed by atoms with Crippen LogP contribution in [0.5, 0.6) is 17.2 Å². The largest absolute Gasteiger partial charge is 0.508 e. The van der Waals surface area contributed by atoms with E-state index >= 15 is 0 Å². The molecule has 1 amide bonds. The molecule has 0 heterocycles. The SMILES string of the molecule is CC(=NNC(=O)COc1ccc(Cl)cc1)c1ccc(O)cc1O. The maximum atomic E-state index is 11.7. The molecule has 0 aliphatic heterocycles. The highest BCUT2D eigenvalue weighted by Crippen LogP contribution is 2.22. The Morgan fingerprint density at radius 1 is 1.22 bits per heavy atom. The van der Waals surface area contributed by atoms with E-state index in [1.54, 1.807) is 31.2 Å². The fourth-order valence-corrected chi connectivity index (χ4v) is 1.87. The summed E-state index contributed by atoms with van der Waals surface area (Å²) in [7, 11) is 0. The fourth-order valence-electron chi connectivity index (χ4n) is 1.74. The van der Waals surface area contributed by atoms with E-state index < -0.39 is 5.91 Å². The van der Waals surface area contributed by atoms with Crippen LogP contribution in [0.15, 0.2) is 47.6 Å². The Morgan fingerprint density at radius 2 is 1.91 bits per heavy atom. The number of ether oxygens (including phenoxy) is 1. The summed E-state index contributed by atoms with van der Waals surface area (Å²) in [4.78, 5) is 11.7. The normalized spacial score (nSPS) is 11.1. The fraction of sp³-hybridized carbons (Fsp3) is 0.125. The molecule has 0 saturated heterocycles. The first-order valence-electron chi connectivity index (χ1n) is 6.69.